The zero-order chi connectivity index (χ0) is 13.2. The second-order valence-electron chi connectivity index (χ2n) is 6.86. The summed E-state index contributed by atoms with van der Waals surface area (Å²) in [6.45, 7) is 6.79. The molecule has 1 saturated carbocycles. The van der Waals surface area contributed by atoms with Crippen molar-refractivity contribution in [3.8, 4) is 0 Å². The van der Waals surface area contributed by atoms with Crippen molar-refractivity contribution in [2.24, 2.45) is 11.7 Å². The largest absolute Gasteiger partial charge is 0.327 e. The topological polar surface area (TPSA) is 26.0 Å². The summed E-state index contributed by atoms with van der Waals surface area (Å²) in [5.74, 6) is 0.694. The van der Waals surface area contributed by atoms with Gasteiger partial charge in [0, 0.05) is 6.04 Å². The molecule has 0 saturated heterocycles. The van der Waals surface area contributed by atoms with Crippen LogP contribution in [0.3, 0.4) is 0 Å². The third kappa shape index (κ3) is 3.35. The molecule has 1 aromatic carbocycles. The zero-order valence-corrected chi connectivity index (χ0v) is 12.1. The van der Waals surface area contributed by atoms with E-state index < -0.39 is 0 Å². The minimum atomic E-state index is 0.250. The maximum Gasteiger partial charge on any atom is 0.00703 e. The predicted molar refractivity (Wildman–Crippen MR) is 78.8 cm³/mol. The van der Waals surface area contributed by atoms with Gasteiger partial charge in [-0.1, -0.05) is 57.9 Å². The second-order valence-corrected chi connectivity index (χ2v) is 6.86. The zero-order valence-electron chi connectivity index (χ0n) is 12.1. The fourth-order valence-electron chi connectivity index (χ4n) is 2.93. The first kappa shape index (κ1) is 13.6. The molecule has 0 bridgehead atoms. The molecule has 1 aromatic rings. The van der Waals surface area contributed by atoms with Crippen molar-refractivity contribution < 1.29 is 0 Å². The van der Waals surface area contributed by atoms with Gasteiger partial charge in [-0.25, -0.2) is 0 Å². The number of benzene rings is 1. The highest BCUT2D eigenvalue weighted by Crippen LogP contribution is 2.27. The molecule has 2 atom stereocenters. The van der Waals surface area contributed by atoms with Gasteiger partial charge in [0.05, 0.1) is 0 Å². The third-order valence-electron chi connectivity index (χ3n) is 4.29. The molecular weight excluding hydrogens is 218 g/mol. The van der Waals surface area contributed by atoms with E-state index in [4.69, 9.17) is 5.73 Å². The van der Waals surface area contributed by atoms with Crippen LogP contribution in [0.15, 0.2) is 24.3 Å². The normalized spacial score (nSPS) is 25.1. The van der Waals surface area contributed by atoms with Crippen LogP contribution in [0.4, 0.5) is 0 Å². The van der Waals surface area contributed by atoms with E-state index in [1.807, 2.05) is 0 Å². The number of rotatable bonds is 2. The molecule has 0 amide bonds. The fraction of sp³-hybridized carbons (Fsp3) is 0.647. The molecule has 18 heavy (non-hydrogen) atoms. The molecule has 0 aromatic heterocycles. The lowest BCUT2D eigenvalue weighted by Crippen LogP contribution is -2.34. The van der Waals surface area contributed by atoms with E-state index in [-0.39, 0.29) is 5.41 Å². The van der Waals surface area contributed by atoms with Crippen molar-refractivity contribution in [3.05, 3.63) is 35.4 Å². The molecular formula is C17H27N. The van der Waals surface area contributed by atoms with E-state index in [1.165, 1.54) is 36.8 Å². The lowest BCUT2D eigenvalue weighted by atomic mass is 9.80. The van der Waals surface area contributed by atoms with Crippen LogP contribution in [-0.2, 0) is 11.8 Å². The van der Waals surface area contributed by atoms with Crippen LogP contribution in [0.1, 0.15) is 57.6 Å². The Bertz CT molecular complexity index is 372. The Morgan fingerprint density at radius 3 is 2.22 bits per heavy atom. The highest BCUT2D eigenvalue weighted by atomic mass is 14.7. The van der Waals surface area contributed by atoms with Crippen molar-refractivity contribution in [2.45, 2.75) is 64.3 Å². The molecule has 0 aliphatic heterocycles. The van der Waals surface area contributed by atoms with Gasteiger partial charge in [0.25, 0.3) is 0 Å². The van der Waals surface area contributed by atoms with Crippen molar-refractivity contribution >= 4 is 0 Å². The lowest BCUT2D eigenvalue weighted by Gasteiger charge is -2.28. The molecule has 0 spiro atoms. The maximum atomic E-state index is 6.23. The summed E-state index contributed by atoms with van der Waals surface area (Å²) in [5, 5.41) is 0. The average Bonchev–Trinajstić information content (AvgIpc) is 2.32. The second kappa shape index (κ2) is 5.44. The maximum absolute atomic E-state index is 6.23. The first-order chi connectivity index (χ1) is 8.47. The van der Waals surface area contributed by atoms with Crippen LogP contribution in [0.2, 0.25) is 0 Å². The van der Waals surface area contributed by atoms with Crippen molar-refractivity contribution in [3.63, 3.8) is 0 Å². The number of hydrogen-bond acceptors (Lipinski definition) is 1. The number of nitrogens with two attached hydrogens (primary N) is 1. The molecule has 1 heteroatoms. The van der Waals surface area contributed by atoms with Gasteiger partial charge in [0.15, 0.2) is 0 Å². The van der Waals surface area contributed by atoms with Gasteiger partial charge in [-0.05, 0) is 41.7 Å². The SMILES string of the molecule is CC(C)(C)c1ccc(CC2CCCCC2N)cc1. The average molecular weight is 245 g/mol. The summed E-state index contributed by atoms with van der Waals surface area (Å²) in [6.07, 6.45) is 6.36. The first-order valence-corrected chi connectivity index (χ1v) is 7.32. The van der Waals surface area contributed by atoms with Crippen LogP contribution in [0.25, 0.3) is 0 Å². The highest BCUT2D eigenvalue weighted by molar-refractivity contribution is 5.27. The van der Waals surface area contributed by atoms with E-state index in [9.17, 15) is 0 Å². The lowest BCUT2D eigenvalue weighted by molar-refractivity contribution is 0.306. The Hall–Kier alpha value is -0.820. The Balaban J connectivity index is 2.02. The monoisotopic (exact) mass is 245 g/mol. The van der Waals surface area contributed by atoms with Gasteiger partial charge < -0.3 is 5.73 Å². The van der Waals surface area contributed by atoms with E-state index in [0.29, 0.717) is 12.0 Å². The van der Waals surface area contributed by atoms with Crippen LogP contribution in [-0.4, -0.2) is 6.04 Å². The summed E-state index contributed by atoms with van der Waals surface area (Å²) < 4.78 is 0. The molecule has 100 valence electrons. The Morgan fingerprint density at radius 1 is 1.06 bits per heavy atom. The van der Waals surface area contributed by atoms with E-state index in [2.05, 4.69) is 45.0 Å². The third-order valence-corrected chi connectivity index (χ3v) is 4.29. The molecule has 2 unspecified atom stereocenters. The molecule has 2 N–H and O–H groups in total. The molecule has 1 nitrogen and oxygen atoms in total. The molecule has 1 aliphatic carbocycles. The molecule has 0 heterocycles. The first-order valence-electron chi connectivity index (χ1n) is 7.32. The number of hydrogen-bond donors (Lipinski definition) is 1. The highest BCUT2D eigenvalue weighted by Gasteiger charge is 2.22. The van der Waals surface area contributed by atoms with Gasteiger partial charge in [0.1, 0.15) is 0 Å². The molecule has 0 radical (unpaired) electrons. The summed E-state index contributed by atoms with van der Waals surface area (Å²) >= 11 is 0. The summed E-state index contributed by atoms with van der Waals surface area (Å²) in [6, 6.07) is 9.57. The van der Waals surface area contributed by atoms with Gasteiger partial charge in [-0.3, -0.25) is 0 Å². The van der Waals surface area contributed by atoms with Gasteiger partial charge in [0.2, 0.25) is 0 Å². The summed E-state index contributed by atoms with van der Waals surface area (Å²) in [5.41, 5.74) is 9.34. The Labute approximate surface area is 112 Å². The Kier molecular flexibility index (Phi) is 4.11. The standard InChI is InChI=1S/C17H27N/c1-17(2,3)15-10-8-13(9-11-15)12-14-6-4-5-7-16(14)18/h8-11,14,16H,4-7,12,18H2,1-3H3. The predicted octanol–water partition coefficient (Wildman–Crippen LogP) is 4.04. The van der Waals surface area contributed by atoms with Crippen molar-refractivity contribution in [1.29, 1.82) is 0 Å². The van der Waals surface area contributed by atoms with E-state index >= 15 is 0 Å². The minimum absolute atomic E-state index is 0.250. The van der Waals surface area contributed by atoms with Gasteiger partial charge >= 0.3 is 0 Å². The molecule has 1 aliphatic rings. The van der Waals surface area contributed by atoms with Gasteiger partial charge in [-0.2, -0.15) is 0 Å². The van der Waals surface area contributed by atoms with Crippen LogP contribution in [0.5, 0.6) is 0 Å². The summed E-state index contributed by atoms with van der Waals surface area (Å²) in [4.78, 5) is 0. The van der Waals surface area contributed by atoms with Gasteiger partial charge in [-0.15, -0.1) is 0 Å². The smallest absolute Gasteiger partial charge is 0.00703 e. The van der Waals surface area contributed by atoms with Crippen LogP contribution >= 0.6 is 0 Å². The van der Waals surface area contributed by atoms with Crippen molar-refractivity contribution in [2.75, 3.05) is 0 Å². The van der Waals surface area contributed by atoms with E-state index in [1.54, 1.807) is 0 Å². The molecule has 1 fully saturated rings. The Morgan fingerprint density at radius 2 is 1.67 bits per heavy atom. The molecule has 2 rings (SSSR count). The van der Waals surface area contributed by atoms with E-state index in [0.717, 1.165) is 6.42 Å². The van der Waals surface area contributed by atoms with Crippen molar-refractivity contribution in [1.82, 2.24) is 0 Å². The minimum Gasteiger partial charge on any atom is -0.327 e. The summed E-state index contributed by atoms with van der Waals surface area (Å²) in [7, 11) is 0. The van der Waals surface area contributed by atoms with Crippen LogP contribution in [0, 0.1) is 5.92 Å². The fourth-order valence-corrected chi connectivity index (χ4v) is 2.93. The van der Waals surface area contributed by atoms with Crippen LogP contribution < -0.4 is 5.73 Å². The quantitative estimate of drug-likeness (QED) is 0.836.